The summed E-state index contributed by atoms with van der Waals surface area (Å²) in [5.41, 5.74) is 1.00. The number of para-hydroxylation sites is 1. The van der Waals surface area contributed by atoms with Crippen molar-refractivity contribution in [3.05, 3.63) is 64.1 Å². The topological polar surface area (TPSA) is 84.5 Å². The summed E-state index contributed by atoms with van der Waals surface area (Å²) in [5.74, 6) is -1.37. The van der Waals surface area contributed by atoms with Crippen LogP contribution in [0.15, 0.2) is 53.0 Å². The SMILES string of the molecule is COC(=O)c1ccccc1NC(=O)CNC(=O)c1cccc(Br)c1. The molecule has 0 bridgehead atoms. The second-order valence-electron chi connectivity index (χ2n) is 4.78. The monoisotopic (exact) mass is 390 g/mol. The molecule has 0 saturated heterocycles. The smallest absolute Gasteiger partial charge is 0.339 e. The van der Waals surface area contributed by atoms with Crippen LogP contribution in [0.3, 0.4) is 0 Å². The van der Waals surface area contributed by atoms with Gasteiger partial charge in [-0.2, -0.15) is 0 Å². The van der Waals surface area contributed by atoms with E-state index in [1.807, 2.05) is 0 Å². The maximum atomic E-state index is 12.0. The van der Waals surface area contributed by atoms with E-state index < -0.39 is 11.9 Å². The van der Waals surface area contributed by atoms with E-state index in [4.69, 9.17) is 0 Å². The number of carbonyl (C=O) groups excluding carboxylic acids is 3. The molecular weight excluding hydrogens is 376 g/mol. The van der Waals surface area contributed by atoms with Crippen LogP contribution >= 0.6 is 15.9 Å². The highest BCUT2D eigenvalue weighted by Gasteiger charge is 2.14. The van der Waals surface area contributed by atoms with Crippen LogP contribution in [0.4, 0.5) is 5.69 Å². The van der Waals surface area contributed by atoms with Crippen molar-refractivity contribution >= 4 is 39.4 Å². The fourth-order valence-corrected chi connectivity index (χ4v) is 2.37. The van der Waals surface area contributed by atoms with E-state index in [0.29, 0.717) is 11.3 Å². The van der Waals surface area contributed by atoms with Crippen LogP contribution in [0, 0.1) is 0 Å². The first-order valence-electron chi connectivity index (χ1n) is 7.02. The summed E-state index contributed by atoms with van der Waals surface area (Å²) < 4.78 is 5.43. The van der Waals surface area contributed by atoms with Gasteiger partial charge in [0.05, 0.1) is 24.9 Å². The number of hydrogen-bond acceptors (Lipinski definition) is 4. The number of carbonyl (C=O) groups is 3. The third-order valence-corrected chi connectivity index (χ3v) is 3.60. The van der Waals surface area contributed by atoms with Gasteiger partial charge < -0.3 is 15.4 Å². The molecule has 124 valence electrons. The lowest BCUT2D eigenvalue weighted by atomic mass is 10.2. The summed E-state index contributed by atoms with van der Waals surface area (Å²) in [4.78, 5) is 35.6. The summed E-state index contributed by atoms with van der Waals surface area (Å²) in [6, 6.07) is 13.3. The third-order valence-electron chi connectivity index (χ3n) is 3.10. The lowest BCUT2D eigenvalue weighted by Gasteiger charge is -2.10. The molecule has 2 amide bonds. The van der Waals surface area contributed by atoms with Gasteiger partial charge in [-0.05, 0) is 30.3 Å². The number of esters is 1. The third kappa shape index (κ3) is 4.66. The van der Waals surface area contributed by atoms with Crippen molar-refractivity contribution in [1.29, 1.82) is 0 Å². The summed E-state index contributed by atoms with van der Waals surface area (Å²) in [7, 11) is 1.26. The first-order chi connectivity index (χ1) is 11.5. The molecule has 2 aromatic carbocycles. The molecule has 0 saturated carbocycles. The molecule has 24 heavy (non-hydrogen) atoms. The largest absolute Gasteiger partial charge is 0.465 e. The Bertz CT molecular complexity index is 777. The molecule has 0 unspecified atom stereocenters. The average molecular weight is 391 g/mol. The number of rotatable bonds is 5. The quantitative estimate of drug-likeness (QED) is 0.768. The van der Waals surface area contributed by atoms with E-state index in [0.717, 1.165) is 4.47 Å². The molecule has 2 N–H and O–H groups in total. The van der Waals surface area contributed by atoms with Gasteiger partial charge in [0.1, 0.15) is 0 Å². The fraction of sp³-hybridized carbons (Fsp3) is 0.118. The molecule has 0 aliphatic carbocycles. The predicted octanol–water partition coefficient (Wildman–Crippen LogP) is 2.60. The van der Waals surface area contributed by atoms with Gasteiger partial charge in [-0.1, -0.05) is 34.1 Å². The van der Waals surface area contributed by atoms with Crippen LogP contribution in [0.25, 0.3) is 0 Å². The van der Waals surface area contributed by atoms with Gasteiger partial charge in [0.2, 0.25) is 5.91 Å². The number of ether oxygens (including phenoxy) is 1. The Balaban J connectivity index is 1.97. The van der Waals surface area contributed by atoms with E-state index >= 15 is 0 Å². The van der Waals surface area contributed by atoms with Crippen molar-refractivity contribution < 1.29 is 19.1 Å². The average Bonchev–Trinajstić information content (AvgIpc) is 2.59. The van der Waals surface area contributed by atoms with E-state index in [1.54, 1.807) is 48.5 Å². The number of halogens is 1. The molecule has 0 radical (unpaired) electrons. The standard InChI is InChI=1S/C17H15BrN2O4/c1-24-17(23)13-7-2-3-8-14(13)20-15(21)10-19-16(22)11-5-4-6-12(18)9-11/h2-9H,10H2,1H3,(H,19,22)(H,20,21). The Labute approximate surface area is 147 Å². The molecule has 0 atom stereocenters. The number of anilines is 1. The molecule has 2 rings (SSSR count). The first-order valence-corrected chi connectivity index (χ1v) is 7.81. The number of benzene rings is 2. The Morgan fingerprint density at radius 1 is 1.08 bits per heavy atom. The molecule has 6 nitrogen and oxygen atoms in total. The van der Waals surface area contributed by atoms with Crippen LogP contribution < -0.4 is 10.6 Å². The van der Waals surface area contributed by atoms with Gasteiger partial charge >= 0.3 is 5.97 Å². The summed E-state index contributed by atoms with van der Waals surface area (Å²) in [6.07, 6.45) is 0. The molecule has 0 fully saturated rings. The molecule has 0 aliphatic rings. The van der Waals surface area contributed by atoms with E-state index in [9.17, 15) is 14.4 Å². The van der Waals surface area contributed by atoms with Crippen LogP contribution in [0.2, 0.25) is 0 Å². The lowest BCUT2D eigenvalue weighted by molar-refractivity contribution is -0.115. The maximum Gasteiger partial charge on any atom is 0.339 e. The molecular formula is C17H15BrN2O4. The van der Waals surface area contributed by atoms with Crippen molar-refractivity contribution in [2.24, 2.45) is 0 Å². The predicted molar refractivity (Wildman–Crippen MR) is 92.9 cm³/mol. The molecule has 7 heteroatoms. The highest BCUT2D eigenvalue weighted by atomic mass is 79.9. The number of methoxy groups -OCH3 is 1. The number of amides is 2. The molecule has 0 heterocycles. The minimum Gasteiger partial charge on any atom is -0.465 e. The number of nitrogens with one attached hydrogen (secondary N) is 2. The normalized spacial score (nSPS) is 9.92. The highest BCUT2D eigenvalue weighted by Crippen LogP contribution is 2.16. The van der Waals surface area contributed by atoms with Crippen LogP contribution in [0.1, 0.15) is 20.7 Å². The molecule has 0 aromatic heterocycles. The van der Waals surface area contributed by atoms with Crippen LogP contribution in [0.5, 0.6) is 0 Å². The van der Waals surface area contributed by atoms with E-state index in [-0.39, 0.29) is 18.0 Å². The zero-order valence-corrected chi connectivity index (χ0v) is 14.4. The van der Waals surface area contributed by atoms with Gasteiger partial charge in [0.25, 0.3) is 5.91 Å². The van der Waals surface area contributed by atoms with Gasteiger partial charge in [-0.15, -0.1) is 0 Å². The van der Waals surface area contributed by atoms with E-state index in [2.05, 4.69) is 31.3 Å². The lowest BCUT2D eigenvalue weighted by Crippen LogP contribution is -2.33. The van der Waals surface area contributed by atoms with Crippen molar-refractivity contribution in [2.75, 3.05) is 19.0 Å². The molecule has 0 aliphatic heterocycles. The van der Waals surface area contributed by atoms with E-state index in [1.165, 1.54) is 7.11 Å². The zero-order valence-electron chi connectivity index (χ0n) is 12.8. The second kappa shape index (κ2) is 8.26. The summed E-state index contributed by atoms with van der Waals surface area (Å²) in [5, 5.41) is 5.10. The minimum atomic E-state index is -0.552. The van der Waals surface area contributed by atoms with Crippen LogP contribution in [-0.2, 0) is 9.53 Å². The Morgan fingerprint density at radius 3 is 2.54 bits per heavy atom. The summed E-state index contributed by atoms with van der Waals surface area (Å²) >= 11 is 3.28. The Hall–Kier alpha value is -2.67. The van der Waals surface area contributed by atoms with Crippen molar-refractivity contribution in [3.8, 4) is 0 Å². The van der Waals surface area contributed by atoms with Gasteiger partial charge in [0, 0.05) is 10.0 Å². The second-order valence-corrected chi connectivity index (χ2v) is 5.69. The van der Waals surface area contributed by atoms with Crippen molar-refractivity contribution in [2.45, 2.75) is 0 Å². The van der Waals surface area contributed by atoms with Crippen molar-refractivity contribution in [1.82, 2.24) is 5.32 Å². The Kier molecular flexibility index (Phi) is 6.08. The van der Waals surface area contributed by atoms with Crippen LogP contribution in [-0.4, -0.2) is 31.4 Å². The zero-order chi connectivity index (χ0) is 17.5. The molecule has 2 aromatic rings. The minimum absolute atomic E-state index is 0.221. The summed E-state index contributed by atoms with van der Waals surface area (Å²) in [6.45, 7) is -0.221. The fourth-order valence-electron chi connectivity index (χ4n) is 1.97. The first kappa shape index (κ1) is 17.7. The van der Waals surface area contributed by atoms with Gasteiger partial charge in [-0.25, -0.2) is 4.79 Å². The van der Waals surface area contributed by atoms with Gasteiger partial charge in [-0.3, -0.25) is 9.59 Å². The number of hydrogen-bond donors (Lipinski definition) is 2. The maximum absolute atomic E-state index is 12.0. The van der Waals surface area contributed by atoms with Gasteiger partial charge in [0.15, 0.2) is 0 Å². The highest BCUT2D eigenvalue weighted by molar-refractivity contribution is 9.10. The molecule has 0 spiro atoms. The van der Waals surface area contributed by atoms with Crippen molar-refractivity contribution in [3.63, 3.8) is 0 Å². The Morgan fingerprint density at radius 2 is 1.83 bits per heavy atom.